The lowest BCUT2D eigenvalue weighted by Crippen LogP contribution is -2.43. The van der Waals surface area contributed by atoms with E-state index in [0.717, 1.165) is 31.4 Å². The van der Waals surface area contributed by atoms with E-state index in [2.05, 4.69) is 20.8 Å². The third-order valence-electron chi connectivity index (χ3n) is 3.45. The summed E-state index contributed by atoms with van der Waals surface area (Å²) in [6, 6.07) is 5.07. The molecule has 0 radical (unpaired) electrons. The van der Waals surface area contributed by atoms with Crippen molar-refractivity contribution < 1.29 is 9.18 Å². The maximum absolute atomic E-state index is 13.2. The van der Waals surface area contributed by atoms with Crippen LogP contribution in [0.3, 0.4) is 0 Å². The quantitative estimate of drug-likeness (QED) is 0.851. The van der Waals surface area contributed by atoms with Gasteiger partial charge in [-0.2, -0.15) is 0 Å². The van der Waals surface area contributed by atoms with E-state index in [0.29, 0.717) is 11.0 Å². The molecule has 1 saturated heterocycles. The number of rotatable bonds is 3. The van der Waals surface area contributed by atoms with Crippen LogP contribution in [0.4, 0.5) is 4.39 Å². The number of ketones is 1. The number of likely N-dealkylation sites (tertiary alicyclic amines) is 1. The van der Waals surface area contributed by atoms with Crippen LogP contribution in [0.2, 0.25) is 0 Å². The minimum Gasteiger partial charge on any atom is -0.298 e. The number of carbonyl (C=O) groups is 1. The minimum absolute atomic E-state index is 0.0302. The summed E-state index contributed by atoms with van der Waals surface area (Å²) in [5.74, 6) is -0.0172. The van der Waals surface area contributed by atoms with Crippen LogP contribution in [0.25, 0.3) is 0 Å². The number of nitrogens with zero attached hydrogens (tertiary/aromatic N) is 1. The van der Waals surface area contributed by atoms with Crippen LogP contribution in [-0.2, 0) is 11.3 Å². The first-order valence-electron chi connectivity index (χ1n) is 6.26. The number of Topliss-reactive ketones (excluding diaryl/α,β-unsaturated/α-hetero) is 1. The molecule has 1 fully saturated rings. The Morgan fingerprint density at radius 1 is 1.50 bits per heavy atom. The van der Waals surface area contributed by atoms with Crippen molar-refractivity contribution in [1.29, 1.82) is 0 Å². The summed E-state index contributed by atoms with van der Waals surface area (Å²) >= 11 is 3.19. The molecule has 0 N–H and O–H groups in total. The van der Waals surface area contributed by atoms with Crippen LogP contribution in [0.5, 0.6) is 0 Å². The molecule has 2 rings (SSSR count). The smallest absolute Gasteiger partial charge is 0.146 e. The standard InChI is InChI=1S/C14H17BrFNO/c1-10(18)14-4-2-3-7-17(14)9-11-5-6-13(16)12(15)8-11/h5-6,8,14H,2-4,7,9H2,1H3. The van der Waals surface area contributed by atoms with Gasteiger partial charge in [-0.15, -0.1) is 0 Å². The average molecular weight is 314 g/mol. The zero-order chi connectivity index (χ0) is 13.1. The van der Waals surface area contributed by atoms with Gasteiger partial charge in [0, 0.05) is 6.54 Å². The van der Waals surface area contributed by atoms with E-state index >= 15 is 0 Å². The Hall–Kier alpha value is -0.740. The molecule has 0 amide bonds. The second kappa shape index (κ2) is 5.93. The van der Waals surface area contributed by atoms with Crippen LogP contribution in [0, 0.1) is 5.82 Å². The maximum atomic E-state index is 13.2. The van der Waals surface area contributed by atoms with Crippen molar-refractivity contribution >= 4 is 21.7 Å². The first-order chi connectivity index (χ1) is 8.58. The van der Waals surface area contributed by atoms with Gasteiger partial charge < -0.3 is 0 Å². The second-order valence-corrected chi connectivity index (χ2v) is 5.70. The number of halogens is 2. The minimum atomic E-state index is -0.250. The summed E-state index contributed by atoms with van der Waals surface area (Å²) in [4.78, 5) is 13.8. The van der Waals surface area contributed by atoms with Crippen molar-refractivity contribution in [3.63, 3.8) is 0 Å². The van der Waals surface area contributed by atoms with E-state index in [9.17, 15) is 9.18 Å². The molecule has 98 valence electrons. The molecular weight excluding hydrogens is 297 g/mol. The van der Waals surface area contributed by atoms with Gasteiger partial charge in [-0.25, -0.2) is 4.39 Å². The zero-order valence-electron chi connectivity index (χ0n) is 10.5. The van der Waals surface area contributed by atoms with Crippen LogP contribution >= 0.6 is 15.9 Å². The molecular formula is C14H17BrFNO. The van der Waals surface area contributed by atoms with Gasteiger partial charge in [-0.1, -0.05) is 12.5 Å². The van der Waals surface area contributed by atoms with E-state index in [1.165, 1.54) is 6.07 Å². The van der Waals surface area contributed by atoms with E-state index < -0.39 is 0 Å². The third kappa shape index (κ3) is 3.18. The SMILES string of the molecule is CC(=O)C1CCCCN1Cc1ccc(F)c(Br)c1. The highest BCUT2D eigenvalue weighted by Gasteiger charge is 2.25. The lowest BCUT2D eigenvalue weighted by molar-refractivity contribution is -0.123. The Bertz CT molecular complexity index is 449. The number of hydrogen-bond donors (Lipinski definition) is 0. The second-order valence-electron chi connectivity index (χ2n) is 4.84. The largest absolute Gasteiger partial charge is 0.298 e. The summed E-state index contributed by atoms with van der Waals surface area (Å²) in [5.41, 5.74) is 1.04. The lowest BCUT2D eigenvalue weighted by Gasteiger charge is -2.34. The van der Waals surface area contributed by atoms with Gasteiger partial charge >= 0.3 is 0 Å². The van der Waals surface area contributed by atoms with Gasteiger partial charge in [-0.05, 0) is 59.9 Å². The Kier molecular flexibility index (Phi) is 4.51. The molecule has 0 saturated carbocycles. The number of benzene rings is 1. The van der Waals surface area contributed by atoms with E-state index in [1.54, 1.807) is 19.1 Å². The monoisotopic (exact) mass is 313 g/mol. The first-order valence-corrected chi connectivity index (χ1v) is 7.05. The molecule has 1 aromatic carbocycles. The van der Waals surface area contributed by atoms with E-state index in [1.807, 2.05) is 0 Å². The Morgan fingerprint density at radius 3 is 2.94 bits per heavy atom. The molecule has 0 bridgehead atoms. The Morgan fingerprint density at radius 2 is 2.28 bits per heavy atom. The van der Waals surface area contributed by atoms with Crippen molar-refractivity contribution in [1.82, 2.24) is 4.90 Å². The number of hydrogen-bond acceptors (Lipinski definition) is 2. The van der Waals surface area contributed by atoms with Gasteiger partial charge in [-0.3, -0.25) is 9.69 Å². The Balaban J connectivity index is 2.10. The summed E-state index contributed by atoms with van der Waals surface area (Å²) in [6.45, 7) is 3.31. The molecule has 1 aromatic rings. The van der Waals surface area contributed by atoms with Gasteiger partial charge in [0.2, 0.25) is 0 Å². The number of piperidine rings is 1. The van der Waals surface area contributed by atoms with Crippen molar-refractivity contribution in [2.45, 2.75) is 38.8 Å². The maximum Gasteiger partial charge on any atom is 0.146 e. The van der Waals surface area contributed by atoms with Gasteiger partial charge in [0.05, 0.1) is 10.5 Å². The molecule has 0 aliphatic carbocycles. The molecule has 1 heterocycles. The van der Waals surface area contributed by atoms with Gasteiger partial charge in [0.15, 0.2) is 0 Å². The molecule has 0 aromatic heterocycles. The number of carbonyl (C=O) groups excluding carboxylic acids is 1. The highest BCUT2D eigenvalue weighted by molar-refractivity contribution is 9.10. The van der Waals surface area contributed by atoms with Gasteiger partial charge in [0.25, 0.3) is 0 Å². The van der Waals surface area contributed by atoms with Crippen LogP contribution in [0.15, 0.2) is 22.7 Å². The lowest BCUT2D eigenvalue weighted by atomic mass is 9.98. The topological polar surface area (TPSA) is 20.3 Å². The first kappa shape index (κ1) is 13.7. The van der Waals surface area contributed by atoms with Crippen LogP contribution in [0.1, 0.15) is 31.7 Å². The van der Waals surface area contributed by atoms with Crippen molar-refractivity contribution in [2.75, 3.05) is 6.54 Å². The fourth-order valence-corrected chi connectivity index (χ4v) is 2.94. The fraction of sp³-hybridized carbons (Fsp3) is 0.500. The highest BCUT2D eigenvalue weighted by Crippen LogP contribution is 2.22. The third-order valence-corrected chi connectivity index (χ3v) is 4.06. The van der Waals surface area contributed by atoms with E-state index in [-0.39, 0.29) is 17.6 Å². The predicted octanol–water partition coefficient (Wildman–Crippen LogP) is 3.53. The Labute approximate surface area is 115 Å². The summed E-state index contributed by atoms with van der Waals surface area (Å²) < 4.78 is 13.7. The normalized spacial score (nSPS) is 20.9. The summed E-state index contributed by atoms with van der Waals surface area (Å²) in [5, 5.41) is 0. The fourth-order valence-electron chi connectivity index (χ4n) is 2.51. The molecule has 1 aliphatic rings. The van der Waals surface area contributed by atoms with E-state index in [4.69, 9.17) is 0 Å². The average Bonchev–Trinajstić information content (AvgIpc) is 2.34. The van der Waals surface area contributed by atoms with Gasteiger partial charge in [0.1, 0.15) is 11.6 Å². The van der Waals surface area contributed by atoms with Crippen molar-refractivity contribution in [3.8, 4) is 0 Å². The molecule has 4 heteroatoms. The molecule has 18 heavy (non-hydrogen) atoms. The van der Waals surface area contributed by atoms with Crippen molar-refractivity contribution in [2.24, 2.45) is 0 Å². The van der Waals surface area contributed by atoms with Crippen LogP contribution < -0.4 is 0 Å². The summed E-state index contributed by atoms with van der Waals surface area (Å²) in [6.07, 6.45) is 3.19. The highest BCUT2D eigenvalue weighted by atomic mass is 79.9. The molecule has 2 nitrogen and oxygen atoms in total. The molecule has 0 spiro atoms. The summed E-state index contributed by atoms with van der Waals surface area (Å²) in [7, 11) is 0. The molecule has 1 atom stereocenters. The van der Waals surface area contributed by atoms with Crippen molar-refractivity contribution in [3.05, 3.63) is 34.1 Å². The predicted molar refractivity (Wildman–Crippen MR) is 72.8 cm³/mol. The van der Waals surface area contributed by atoms with Crippen LogP contribution in [-0.4, -0.2) is 23.3 Å². The zero-order valence-corrected chi connectivity index (χ0v) is 12.0. The molecule has 1 aliphatic heterocycles. The molecule has 1 unspecified atom stereocenters.